The molecule has 0 saturated heterocycles. The minimum absolute atomic E-state index is 0.0710. The first kappa shape index (κ1) is 20.3. The standard InChI is InChI=1S/C17H21N3O4S/c1-3-11-18-16(23)12-5-7-13(8-6-12)19-17(25)20-14(21)9-10-15(22)24-4-2/h5-10H,3-4,11H2,1-2H3,(H,18,23)(H2,19,20,21,25)/b10-9+. The van der Waals surface area contributed by atoms with Gasteiger partial charge in [0.15, 0.2) is 5.11 Å². The zero-order valence-corrected chi connectivity index (χ0v) is 14.9. The molecule has 0 spiro atoms. The number of ether oxygens (including phenoxy) is 1. The smallest absolute Gasteiger partial charge is 0.330 e. The van der Waals surface area contributed by atoms with Gasteiger partial charge in [0.25, 0.3) is 5.91 Å². The second-order valence-corrected chi connectivity index (χ2v) is 5.27. The zero-order valence-electron chi connectivity index (χ0n) is 14.1. The third-order valence-corrected chi connectivity index (χ3v) is 3.04. The van der Waals surface area contributed by atoms with E-state index >= 15 is 0 Å². The van der Waals surface area contributed by atoms with Crippen LogP contribution >= 0.6 is 12.2 Å². The van der Waals surface area contributed by atoms with Gasteiger partial charge in [-0.25, -0.2) is 4.79 Å². The Bertz CT molecular complexity index is 656. The Morgan fingerprint density at radius 1 is 1.12 bits per heavy atom. The van der Waals surface area contributed by atoms with Crippen LogP contribution in [0.15, 0.2) is 36.4 Å². The molecule has 1 aromatic carbocycles. The zero-order chi connectivity index (χ0) is 18.7. The van der Waals surface area contributed by atoms with Crippen molar-refractivity contribution in [3.63, 3.8) is 0 Å². The topological polar surface area (TPSA) is 96.5 Å². The number of esters is 1. The molecule has 1 aromatic rings. The molecule has 0 aliphatic rings. The summed E-state index contributed by atoms with van der Waals surface area (Å²) in [6.07, 6.45) is 2.92. The van der Waals surface area contributed by atoms with Gasteiger partial charge in [-0.15, -0.1) is 0 Å². The molecule has 0 atom stereocenters. The van der Waals surface area contributed by atoms with Gasteiger partial charge in [-0.2, -0.15) is 0 Å². The summed E-state index contributed by atoms with van der Waals surface area (Å²) in [5, 5.41) is 8.06. The van der Waals surface area contributed by atoms with Gasteiger partial charge in [-0.1, -0.05) is 6.92 Å². The molecular weight excluding hydrogens is 342 g/mol. The number of rotatable bonds is 7. The second-order valence-electron chi connectivity index (χ2n) is 4.86. The third-order valence-electron chi connectivity index (χ3n) is 2.83. The lowest BCUT2D eigenvalue weighted by Gasteiger charge is -2.09. The fraction of sp³-hybridized carbons (Fsp3) is 0.294. The second kappa shape index (κ2) is 10.9. The van der Waals surface area contributed by atoms with E-state index in [0.29, 0.717) is 17.8 Å². The maximum Gasteiger partial charge on any atom is 0.330 e. The van der Waals surface area contributed by atoms with Crippen LogP contribution in [0.5, 0.6) is 0 Å². The molecule has 0 bridgehead atoms. The summed E-state index contributed by atoms with van der Waals surface area (Å²) in [6, 6.07) is 6.65. The summed E-state index contributed by atoms with van der Waals surface area (Å²) in [4.78, 5) is 34.5. The van der Waals surface area contributed by atoms with E-state index in [-0.39, 0.29) is 17.6 Å². The molecular formula is C17H21N3O4S. The molecule has 0 fully saturated rings. The van der Waals surface area contributed by atoms with Crippen molar-refractivity contribution in [3.05, 3.63) is 42.0 Å². The summed E-state index contributed by atoms with van der Waals surface area (Å²) in [5.41, 5.74) is 1.15. The number of thiocarbonyl (C=S) groups is 1. The van der Waals surface area contributed by atoms with Crippen LogP contribution in [0.2, 0.25) is 0 Å². The molecule has 0 radical (unpaired) electrons. The summed E-state index contributed by atoms with van der Waals surface area (Å²) in [5.74, 6) is -1.30. The Labute approximate surface area is 151 Å². The number of nitrogens with one attached hydrogen (secondary N) is 3. The van der Waals surface area contributed by atoms with Crippen molar-refractivity contribution in [2.24, 2.45) is 0 Å². The van der Waals surface area contributed by atoms with Crippen molar-refractivity contribution in [1.82, 2.24) is 10.6 Å². The molecule has 0 aromatic heterocycles. The highest BCUT2D eigenvalue weighted by atomic mass is 32.1. The Hall–Kier alpha value is -2.74. The predicted octanol–water partition coefficient (Wildman–Crippen LogP) is 1.76. The Morgan fingerprint density at radius 2 is 1.80 bits per heavy atom. The highest BCUT2D eigenvalue weighted by Gasteiger charge is 2.06. The molecule has 0 aliphatic carbocycles. The minimum Gasteiger partial charge on any atom is -0.463 e. The first-order valence-corrected chi connectivity index (χ1v) is 8.22. The van der Waals surface area contributed by atoms with Gasteiger partial charge in [-0.3, -0.25) is 14.9 Å². The maximum absolute atomic E-state index is 11.8. The van der Waals surface area contributed by atoms with Gasteiger partial charge in [0.2, 0.25) is 5.91 Å². The number of anilines is 1. The average molecular weight is 363 g/mol. The molecule has 7 nitrogen and oxygen atoms in total. The van der Waals surface area contributed by atoms with Gasteiger partial charge in [0, 0.05) is 29.9 Å². The van der Waals surface area contributed by atoms with E-state index in [0.717, 1.165) is 18.6 Å². The van der Waals surface area contributed by atoms with E-state index in [4.69, 9.17) is 12.2 Å². The molecule has 2 amide bonds. The van der Waals surface area contributed by atoms with Crippen LogP contribution in [0, 0.1) is 0 Å². The predicted molar refractivity (Wildman–Crippen MR) is 99.2 cm³/mol. The SMILES string of the molecule is CCCNC(=O)c1ccc(NC(=S)NC(=O)/C=C/C(=O)OCC)cc1. The van der Waals surface area contributed by atoms with Crippen LogP contribution in [-0.4, -0.2) is 36.0 Å². The van der Waals surface area contributed by atoms with E-state index in [1.807, 2.05) is 6.92 Å². The molecule has 1 rings (SSSR count). The van der Waals surface area contributed by atoms with E-state index in [2.05, 4.69) is 20.7 Å². The van der Waals surface area contributed by atoms with Crippen LogP contribution in [0.1, 0.15) is 30.6 Å². The minimum atomic E-state index is -0.603. The monoisotopic (exact) mass is 363 g/mol. The van der Waals surface area contributed by atoms with E-state index < -0.39 is 11.9 Å². The highest BCUT2D eigenvalue weighted by molar-refractivity contribution is 7.80. The number of amides is 2. The number of hydrogen-bond acceptors (Lipinski definition) is 5. The molecule has 25 heavy (non-hydrogen) atoms. The lowest BCUT2D eigenvalue weighted by Crippen LogP contribution is -2.33. The van der Waals surface area contributed by atoms with E-state index in [1.54, 1.807) is 31.2 Å². The normalized spacial score (nSPS) is 10.2. The van der Waals surface area contributed by atoms with Gasteiger partial charge in [0.1, 0.15) is 0 Å². The quantitative estimate of drug-likeness (QED) is 0.388. The Balaban J connectivity index is 2.50. The van der Waals surface area contributed by atoms with Crippen molar-refractivity contribution in [1.29, 1.82) is 0 Å². The van der Waals surface area contributed by atoms with Crippen molar-refractivity contribution in [3.8, 4) is 0 Å². The van der Waals surface area contributed by atoms with Crippen LogP contribution in [-0.2, 0) is 14.3 Å². The molecule has 0 saturated carbocycles. The van der Waals surface area contributed by atoms with Gasteiger partial charge in [-0.05, 0) is 49.8 Å². The summed E-state index contributed by atoms with van der Waals surface area (Å²) in [6.45, 7) is 4.50. The fourth-order valence-corrected chi connectivity index (χ4v) is 1.91. The number of benzene rings is 1. The lowest BCUT2D eigenvalue weighted by molar-refractivity contribution is -0.137. The first-order chi connectivity index (χ1) is 12.0. The van der Waals surface area contributed by atoms with Crippen LogP contribution in [0.25, 0.3) is 0 Å². The molecule has 3 N–H and O–H groups in total. The average Bonchev–Trinajstić information content (AvgIpc) is 2.58. The van der Waals surface area contributed by atoms with Crippen LogP contribution < -0.4 is 16.0 Å². The van der Waals surface area contributed by atoms with Crippen molar-refractivity contribution in [2.75, 3.05) is 18.5 Å². The van der Waals surface area contributed by atoms with Crippen molar-refractivity contribution < 1.29 is 19.1 Å². The maximum atomic E-state index is 11.8. The Morgan fingerprint density at radius 3 is 2.40 bits per heavy atom. The highest BCUT2D eigenvalue weighted by Crippen LogP contribution is 2.09. The molecule has 8 heteroatoms. The summed E-state index contributed by atoms with van der Waals surface area (Å²) >= 11 is 5.01. The van der Waals surface area contributed by atoms with Crippen molar-refractivity contribution >= 4 is 40.8 Å². The first-order valence-electron chi connectivity index (χ1n) is 7.81. The lowest BCUT2D eigenvalue weighted by atomic mass is 10.2. The third kappa shape index (κ3) is 8.07. The molecule has 134 valence electrons. The number of hydrogen-bond donors (Lipinski definition) is 3. The van der Waals surface area contributed by atoms with Gasteiger partial charge < -0.3 is 15.4 Å². The molecule has 0 heterocycles. The Kier molecular flexibility index (Phi) is 8.87. The van der Waals surface area contributed by atoms with Crippen LogP contribution in [0.4, 0.5) is 5.69 Å². The van der Waals surface area contributed by atoms with Crippen molar-refractivity contribution in [2.45, 2.75) is 20.3 Å². The summed E-state index contributed by atoms with van der Waals surface area (Å²) in [7, 11) is 0. The summed E-state index contributed by atoms with van der Waals surface area (Å²) < 4.78 is 4.66. The number of carbonyl (C=O) groups excluding carboxylic acids is 3. The van der Waals surface area contributed by atoms with Gasteiger partial charge >= 0.3 is 5.97 Å². The number of carbonyl (C=O) groups is 3. The van der Waals surface area contributed by atoms with Gasteiger partial charge in [0.05, 0.1) is 6.61 Å². The largest absolute Gasteiger partial charge is 0.463 e. The van der Waals surface area contributed by atoms with E-state index in [1.165, 1.54) is 0 Å². The fourth-order valence-electron chi connectivity index (χ4n) is 1.70. The van der Waals surface area contributed by atoms with E-state index in [9.17, 15) is 14.4 Å². The molecule has 0 unspecified atom stereocenters. The van der Waals surface area contributed by atoms with Crippen LogP contribution in [0.3, 0.4) is 0 Å². The molecule has 0 aliphatic heterocycles.